The van der Waals surface area contributed by atoms with Gasteiger partial charge in [0.25, 0.3) is 15.9 Å². The fraction of sp³-hybridized carbons (Fsp3) is 0.381. The number of hydrogen-bond donors (Lipinski definition) is 1. The van der Waals surface area contributed by atoms with Gasteiger partial charge in [0.1, 0.15) is 5.75 Å². The number of hydrogen-bond acceptors (Lipinski definition) is 4. The fourth-order valence-corrected chi connectivity index (χ4v) is 4.86. The highest BCUT2D eigenvalue weighted by Gasteiger charge is 2.26. The van der Waals surface area contributed by atoms with Crippen LogP contribution in [0, 0.1) is 6.92 Å². The maximum absolute atomic E-state index is 13.0. The molecule has 1 fully saturated rings. The summed E-state index contributed by atoms with van der Waals surface area (Å²) in [6.45, 7) is 4.45. The van der Waals surface area contributed by atoms with Crippen molar-refractivity contribution in [3.8, 4) is 5.75 Å². The Morgan fingerprint density at radius 1 is 1.18 bits per heavy atom. The number of nitrogens with zero attached hydrogens (tertiary/aromatic N) is 1. The second-order valence-corrected chi connectivity index (χ2v) is 8.78. The number of amides is 1. The van der Waals surface area contributed by atoms with Gasteiger partial charge >= 0.3 is 0 Å². The third-order valence-electron chi connectivity index (χ3n) is 5.14. The molecule has 2 aromatic rings. The Kier molecular flexibility index (Phi) is 5.93. The number of nitrogens with one attached hydrogen (secondary N) is 1. The zero-order valence-electron chi connectivity index (χ0n) is 16.4. The lowest BCUT2D eigenvalue weighted by atomic mass is 10.0. The number of methoxy groups -OCH3 is 1. The highest BCUT2D eigenvalue weighted by atomic mass is 32.2. The van der Waals surface area contributed by atoms with Gasteiger partial charge in [-0.15, -0.1) is 0 Å². The molecular formula is C21H26N2O4S. The van der Waals surface area contributed by atoms with Crippen LogP contribution < -0.4 is 9.46 Å². The van der Waals surface area contributed by atoms with E-state index in [0.29, 0.717) is 29.1 Å². The molecule has 0 bridgehead atoms. The molecular weight excluding hydrogens is 376 g/mol. The summed E-state index contributed by atoms with van der Waals surface area (Å²) in [5.41, 5.74) is 1.32. The topological polar surface area (TPSA) is 75.7 Å². The van der Waals surface area contributed by atoms with Crippen molar-refractivity contribution >= 4 is 21.6 Å². The molecule has 1 aliphatic heterocycles. The fourth-order valence-electron chi connectivity index (χ4n) is 3.52. The number of ether oxygens (including phenoxy) is 1. The van der Waals surface area contributed by atoms with Crippen molar-refractivity contribution in [3.05, 3.63) is 53.6 Å². The molecule has 0 aliphatic carbocycles. The van der Waals surface area contributed by atoms with Crippen LogP contribution >= 0.6 is 0 Å². The molecule has 1 atom stereocenters. The molecule has 1 amide bonds. The first-order valence-electron chi connectivity index (χ1n) is 9.41. The van der Waals surface area contributed by atoms with E-state index < -0.39 is 10.0 Å². The van der Waals surface area contributed by atoms with Gasteiger partial charge in [0.2, 0.25) is 0 Å². The van der Waals surface area contributed by atoms with Crippen molar-refractivity contribution in [2.24, 2.45) is 0 Å². The Balaban J connectivity index is 1.93. The summed E-state index contributed by atoms with van der Waals surface area (Å²) < 4.78 is 33.8. The summed E-state index contributed by atoms with van der Waals surface area (Å²) in [5, 5.41) is 0. The van der Waals surface area contributed by atoms with Crippen LogP contribution in [0.2, 0.25) is 0 Å². The van der Waals surface area contributed by atoms with Gasteiger partial charge in [0.05, 0.1) is 17.7 Å². The number of rotatable bonds is 5. The van der Waals surface area contributed by atoms with Crippen molar-refractivity contribution in [2.75, 3.05) is 18.4 Å². The zero-order valence-corrected chi connectivity index (χ0v) is 17.3. The van der Waals surface area contributed by atoms with Crippen LogP contribution in [0.4, 0.5) is 5.69 Å². The van der Waals surface area contributed by atoms with Crippen LogP contribution in [0.3, 0.4) is 0 Å². The monoisotopic (exact) mass is 402 g/mol. The lowest BCUT2D eigenvalue weighted by Gasteiger charge is -2.33. The summed E-state index contributed by atoms with van der Waals surface area (Å²) in [5.74, 6) is 0.305. The van der Waals surface area contributed by atoms with Crippen molar-refractivity contribution in [2.45, 2.75) is 44.0 Å². The van der Waals surface area contributed by atoms with Crippen LogP contribution in [0.1, 0.15) is 42.1 Å². The molecule has 28 heavy (non-hydrogen) atoms. The SMILES string of the molecule is COc1ccccc1NS(=O)(=O)c1cc(C(=O)N2CCCCC2C)ccc1C. The van der Waals surface area contributed by atoms with E-state index in [1.54, 1.807) is 43.3 Å². The molecule has 0 aromatic heterocycles. The van der Waals surface area contributed by atoms with Crippen LogP contribution in [0.15, 0.2) is 47.4 Å². The van der Waals surface area contributed by atoms with E-state index in [-0.39, 0.29) is 16.8 Å². The molecule has 0 radical (unpaired) electrons. The summed E-state index contributed by atoms with van der Waals surface area (Å²) in [6.07, 6.45) is 3.06. The zero-order chi connectivity index (χ0) is 20.3. The summed E-state index contributed by atoms with van der Waals surface area (Å²) in [7, 11) is -2.39. The third-order valence-corrected chi connectivity index (χ3v) is 6.65. The first-order chi connectivity index (χ1) is 13.3. The number of anilines is 1. The standard InChI is InChI=1S/C21H26N2O4S/c1-15-11-12-17(21(24)23-13-7-6-8-16(23)2)14-20(15)28(25,26)22-18-9-4-5-10-19(18)27-3/h4-5,9-12,14,16,22H,6-8,13H2,1-3H3. The van der Waals surface area contributed by atoms with Gasteiger partial charge < -0.3 is 9.64 Å². The highest BCUT2D eigenvalue weighted by Crippen LogP contribution is 2.28. The number of para-hydroxylation sites is 2. The summed E-state index contributed by atoms with van der Waals surface area (Å²) in [4.78, 5) is 14.9. The van der Waals surface area contributed by atoms with Gasteiger partial charge in [0.15, 0.2) is 0 Å². The first kappa shape index (κ1) is 20.2. The minimum atomic E-state index is -3.88. The van der Waals surface area contributed by atoms with Crippen LogP contribution in [-0.4, -0.2) is 38.9 Å². The second-order valence-electron chi connectivity index (χ2n) is 7.13. The Hall–Kier alpha value is -2.54. The molecule has 1 N–H and O–H groups in total. The molecule has 1 saturated heterocycles. The average molecular weight is 403 g/mol. The smallest absolute Gasteiger partial charge is 0.262 e. The number of aryl methyl sites for hydroxylation is 1. The van der Waals surface area contributed by atoms with Crippen molar-refractivity contribution in [3.63, 3.8) is 0 Å². The van der Waals surface area contributed by atoms with Crippen molar-refractivity contribution in [1.82, 2.24) is 4.90 Å². The minimum Gasteiger partial charge on any atom is -0.495 e. The van der Waals surface area contributed by atoms with E-state index in [1.165, 1.54) is 13.2 Å². The highest BCUT2D eigenvalue weighted by molar-refractivity contribution is 7.92. The Morgan fingerprint density at radius 2 is 1.93 bits per heavy atom. The van der Waals surface area contributed by atoms with E-state index in [2.05, 4.69) is 4.72 Å². The maximum atomic E-state index is 13.0. The van der Waals surface area contributed by atoms with E-state index in [4.69, 9.17) is 4.74 Å². The largest absolute Gasteiger partial charge is 0.495 e. The van der Waals surface area contributed by atoms with E-state index in [0.717, 1.165) is 19.3 Å². The molecule has 1 unspecified atom stereocenters. The summed E-state index contributed by atoms with van der Waals surface area (Å²) >= 11 is 0. The predicted octanol–water partition coefficient (Wildman–Crippen LogP) is 3.82. The number of sulfonamides is 1. The van der Waals surface area contributed by atoms with Crippen LogP contribution in [0.5, 0.6) is 5.75 Å². The second kappa shape index (κ2) is 8.22. The molecule has 150 valence electrons. The van der Waals surface area contributed by atoms with Crippen molar-refractivity contribution < 1.29 is 17.9 Å². The molecule has 2 aromatic carbocycles. The Labute approximate surface area is 166 Å². The van der Waals surface area contributed by atoms with Gasteiger partial charge in [-0.25, -0.2) is 8.42 Å². The molecule has 1 aliphatic rings. The lowest BCUT2D eigenvalue weighted by molar-refractivity contribution is 0.0635. The first-order valence-corrected chi connectivity index (χ1v) is 10.9. The number of piperidine rings is 1. The number of carbonyl (C=O) groups excluding carboxylic acids is 1. The molecule has 0 saturated carbocycles. The van der Waals surface area contributed by atoms with Gasteiger partial charge in [-0.3, -0.25) is 9.52 Å². The minimum absolute atomic E-state index is 0.0916. The Morgan fingerprint density at radius 3 is 2.64 bits per heavy atom. The third kappa shape index (κ3) is 4.14. The van der Waals surface area contributed by atoms with E-state index in [1.807, 2.05) is 11.8 Å². The molecule has 7 heteroatoms. The maximum Gasteiger partial charge on any atom is 0.262 e. The Bertz CT molecular complexity index is 972. The van der Waals surface area contributed by atoms with Gasteiger partial charge in [-0.05, 0) is 62.9 Å². The van der Waals surface area contributed by atoms with E-state index in [9.17, 15) is 13.2 Å². The molecule has 1 heterocycles. The quantitative estimate of drug-likeness (QED) is 0.825. The van der Waals surface area contributed by atoms with Gasteiger partial charge in [-0.1, -0.05) is 18.2 Å². The van der Waals surface area contributed by atoms with Crippen LogP contribution in [0.25, 0.3) is 0 Å². The van der Waals surface area contributed by atoms with Gasteiger partial charge in [0, 0.05) is 18.2 Å². The predicted molar refractivity (Wildman–Crippen MR) is 109 cm³/mol. The molecule has 6 nitrogen and oxygen atoms in total. The van der Waals surface area contributed by atoms with E-state index >= 15 is 0 Å². The number of carbonyl (C=O) groups is 1. The van der Waals surface area contributed by atoms with Crippen LogP contribution in [-0.2, 0) is 10.0 Å². The van der Waals surface area contributed by atoms with Crippen molar-refractivity contribution in [1.29, 1.82) is 0 Å². The normalized spacial score (nSPS) is 17.2. The molecule has 0 spiro atoms. The van der Waals surface area contributed by atoms with Gasteiger partial charge in [-0.2, -0.15) is 0 Å². The molecule has 3 rings (SSSR count). The summed E-state index contributed by atoms with van der Waals surface area (Å²) in [6, 6.07) is 11.8. The number of benzene rings is 2. The number of likely N-dealkylation sites (tertiary alicyclic amines) is 1. The lowest BCUT2D eigenvalue weighted by Crippen LogP contribution is -2.42. The average Bonchev–Trinajstić information content (AvgIpc) is 2.68.